The number of para-hydroxylation sites is 1. The molecule has 148 valence electrons. The van der Waals surface area contributed by atoms with Crippen LogP contribution < -0.4 is 21.3 Å². The van der Waals surface area contributed by atoms with Crippen LogP contribution in [0.25, 0.3) is 0 Å². The quantitative estimate of drug-likeness (QED) is 0.563. The van der Waals surface area contributed by atoms with Crippen molar-refractivity contribution in [1.82, 2.24) is 16.0 Å². The lowest BCUT2D eigenvalue weighted by Crippen LogP contribution is -2.46. The van der Waals surface area contributed by atoms with Gasteiger partial charge in [-0.3, -0.25) is 20.2 Å². The second-order valence-electron chi connectivity index (χ2n) is 6.13. The van der Waals surface area contributed by atoms with Crippen molar-refractivity contribution in [3.05, 3.63) is 65.7 Å². The third kappa shape index (κ3) is 6.21. The number of anilines is 1. The maximum Gasteiger partial charge on any atom is 0.321 e. The van der Waals surface area contributed by atoms with Crippen molar-refractivity contribution < 1.29 is 14.4 Å². The van der Waals surface area contributed by atoms with Crippen molar-refractivity contribution in [2.75, 3.05) is 18.4 Å². The van der Waals surface area contributed by atoms with E-state index in [1.807, 2.05) is 37.3 Å². The molecule has 2 aromatic carbocycles. The number of nitrogens with one attached hydrogen (secondary N) is 4. The maximum absolute atomic E-state index is 12.5. The third-order valence-electron chi connectivity index (χ3n) is 4.11. The summed E-state index contributed by atoms with van der Waals surface area (Å²) in [6.07, 6.45) is 0.797. The van der Waals surface area contributed by atoms with Gasteiger partial charge in [-0.15, -0.1) is 0 Å². The lowest BCUT2D eigenvalue weighted by molar-refractivity contribution is -0.122. The molecule has 7 nitrogen and oxygen atoms in total. The summed E-state index contributed by atoms with van der Waals surface area (Å²) in [4.78, 5) is 36.6. The van der Waals surface area contributed by atoms with Gasteiger partial charge < -0.3 is 10.6 Å². The van der Waals surface area contributed by atoms with E-state index in [0.29, 0.717) is 12.1 Å². The molecule has 0 saturated carbocycles. The summed E-state index contributed by atoms with van der Waals surface area (Å²) >= 11 is 0. The molecule has 0 saturated heterocycles. The molecule has 0 aliphatic carbocycles. The standard InChI is InChI=1S/C21H26N4O3/c1-3-15-10-8-9-13-17(15)24-18(26)14-23-19(16-11-6-5-7-12-16)20(27)25-21(28)22-4-2/h5-13,19,23H,3-4,14H2,1-2H3,(H,24,26)(H2,22,25,27,28)/t19-/m1/s1. The summed E-state index contributed by atoms with van der Waals surface area (Å²) in [5, 5.41) is 10.6. The molecule has 0 heterocycles. The molecule has 4 N–H and O–H groups in total. The van der Waals surface area contributed by atoms with Crippen molar-refractivity contribution in [3.8, 4) is 0 Å². The van der Waals surface area contributed by atoms with E-state index >= 15 is 0 Å². The first kappa shape index (κ1) is 21.1. The van der Waals surface area contributed by atoms with Crippen LogP contribution in [0.4, 0.5) is 10.5 Å². The van der Waals surface area contributed by atoms with Crippen molar-refractivity contribution in [2.24, 2.45) is 0 Å². The molecule has 0 aliphatic heterocycles. The van der Waals surface area contributed by atoms with Crippen LogP contribution in [-0.4, -0.2) is 30.9 Å². The molecule has 4 amide bonds. The number of benzene rings is 2. The Morgan fingerprint density at radius 1 is 0.929 bits per heavy atom. The van der Waals surface area contributed by atoms with Crippen LogP contribution in [0, 0.1) is 0 Å². The molecule has 28 heavy (non-hydrogen) atoms. The zero-order chi connectivity index (χ0) is 20.4. The lowest BCUT2D eigenvalue weighted by atomic mass is 10.1. The zero-order valence-corrected chi connectivity index (χ0v) is 16.1. The lowest BCUT2D eigenvalue weighted by Gasteiger charge is -2.18. The molecule has 7 heteroatoms. The number of carbonyl (C=O) groups is 3. The molecule has 1 atom stereocenters. The van der Waals surface area contributed by atoms with Gasteiger partial charge in [0, 0.05) is 12.2 Å². The highest BCUT2D eigenvalue weighted by atomic mass is 16.2. The number of aryl methyl sites for hydroxylation is 1. The third-order valence-corrected chi connectivity index (χ3v) is 4.11. The number of hydrogen-bond acceptors (Lipinski definition) is 4. The fourth-order valence-electron chi connectivity index (χ4n) is 2.74. The Kier molecular flexibility index (Phi) is 8.17. The van der Waals surface area contributed by atoms with Crippen molar-refractivity contribution >= 4 is 23.5 Å². The predicted octanol–water partition coefficient (Wildman–Crippen LogP) is 2.36. The van der Waals surface area contributed by atoms with E-state index in [1.54, 1.807) is 31.2 Å². The van der Waals surface area contributed by atoms with E-state index in [9.17, 15) is 14.4 Å². The second kappa shape index (κ2) is 10.8. The topological polar surface area (TPSA) is 99.3 Å². The van der Waals surface area contributed by atoms with Crippen LogP contribution in [0.15, 0.2) is 54.6 Å². The van der Waals surface area contributed by atoms with Crippen molar-refractivity contribution in [1.29, 1.82) is 0 Å². The number of imide groups is 1. The molecular formula is C21H26N4O3. The van der Waals surface area contributed by atoms with Gasteiger partial charge in [-0.25, -0.2) is 4.79 Å². The predicted molar refractivity (Wildman–Crippen MR) is 109 cm³/mol. The summed E-state index contributed by atoms with van der Waals surface area (Å²) in [6, 6.07) is 15.1. The molecule has 0 fully saturated rings. The van der Waals surface area contributed by atoms with Gasteiger partial charge in [-0.05, 0) is 30.5 Å². The Labute approximate surface area is 164 Å². The summed E-state index contributed by atoms with van der Waals surface area (Å²) in [7, 11) is 0. The Morgan fingerprint density at radius 2 is 1.61 bits per heavy atom. The van der Waals surface area contributed by atoms with Crippen LogP contribution in [0.2, 0.25) is 0 Å². The number of rotatable bonds is 8. The minimum atomic E-state index is -0.837. The van der Waals surface area contributed by atoms with Crippen molar-refractivity contribution in [3.63, 3.8) is 0 Å². The molecule has 0 radical (unpaired) electrons. The number of carbonyl (C=O) groups excluding carboxylic acids is 3. The summed E-state index contributed by atoms with van der Waals surface area (Å²) in [5.74, 6) is -0.799. The van der Waals surface area contributed by atoms with Crippen LogP contribution in [0.5, 0.6) is 0 Å². The van der Waals surface area contributed by atoms with Gasteiger partial charge >= 0.3 is 6.03 Å². The van der Waals surface area contributed by atoms with Gasteiger partial charge in [0.25, 0.3) is 0 Å². The Morgan fingerprint density at radius 3 is 2.29 bits per heavy atom. The van der Waals surface area contributed by atoms with E-state index in [4.69, 9.17) is 0 Å². The Bertz CT molecular complexity index is 808. The van der Waals surface area contributed by atoms with Gasteiger partial charge in [-0.2, -0.15) is 0 Å². The molecular weight excluding hydrogens is 356 g/mol. The highest BCUT2D eigenvalue weighted by molar-refractivity contribution is 5.98. The minimum Gasteiger partial charge on any atom is -0.338 e. The van der Waals surface area contributed by atoms with Crippen LogP contribution in [-0.2, 0) is 16.0 Å². The van der Waals surface area contributed by atoms with Crippen LogP contribution >= 0.6 is 0 Å². The first-order chi connectivity index (χ1) is 13.5. The summed E-state index contributed by atoms with van der Waals surface area (Å²) < 4.78 is 0. The normalized spacial score (nSPS) is 11.4. The maximum atomic E-state index is 12.5. The van der Waals surface area contributed by atoms with Gasteiger partial charge in [-0.1, -0.05) is 55.5 Å². The molecule has 2 rings (SSSR count). The Hall–Kier alpha value is -3.19. The van der Waals surface area contributed by atoms with Gasteiger partial charge in [0.05, 0.1) is 6.54 Å². The van der Waals surface area contributed by atoms with E-state index in [0.717, 1.165) is 17.7 Å². The first-order valence-corrected chi connectivity index (χ1v) is 9.29. The SMILES string of the molecule is CCNC(=O)NC(=O)[C@H](NCC(=O)Nc1ccccc1CC)c1ccccc1. The molecule has 0 spiro atoms. The summed E-state index contributed by atoms with van der Waals surface area (Å²) in [6.45, 7) is 4.10. The number of amides is 4. The number of urea groups is 1. The number of hydrogen-bond donors (Lipinski definition) is 4. The van der Waals surface area contributed by atoms with Gasteiger partial charge in [0.15, 0.2) is 0 Å². The van der Waals surface area contributed by atoms with E-state index in [2.05, 4.69) is 21.3 Å². The summed E-state index contributed by atoms with van der Waals surface area (Å²) in [5.41, 5.74) is 2.44. The molecule has 0 aliphatic rings. The highest BCUT2D eigenvalue weighted by Gasteiger charge is 2.22. The zero-order valence-electron chi connectivity index (χ0n) is 16.1. The first-order valence-electron chi connectivity index (χ1n) is 9.29. The van der Waals surface area contributed by atoms with E-state index in [1.165, 1.54) is 0 Å². The van der Waals surface area contributed by atoms with Gasteiger partial charge in [0.2, 0.25) is 11.8 Å². The molecule has 0 unspecified atom stereocenters. The Balaban J connectivity index is 2.05. The fraction of sp³-hybridized carbons (Fsp3) is 0.286. The van der Waals surface area contributed by atoms with Crippen LogP contribution in [0.3, 0.4) is 0 Å². The highest BCUT2D eigenvalue weighted by Crippen LogP contribution is 2.16. The average Bonchev–Trinajstić information content (AvgIpc) is 2.69. The molecule has 2 aromatic rings. The fourth-order valence-corrected chi connectivity index (χ4v) is 2.74. The van der Waals surface area contributed by atoms with Crippen LogP contribution in [0.1, 0.15) is 31.0 Å². The van der Waals surface area contributed by atoms with Gasteiger partial charge in [0.1, 0.15) is 6.04 Å². The largest absolute Gasteiger partial charge is 0.338 e. The molecule has 0 aromatic heterocycles. The minimum absolute atomic E-state index is 0.0829. The van der Waals surface area contributed by atoms with E-state index < -0.39 is 18.0 Å². The molecule has 0 bridgehead atoms. The average molecular weight is 382 g/mol. The van der Waals surface area contributed by atoms with Crippen molar-refractivity contribution in [2.45, 2.75) is 26.3 Å². The van der Waals surface area contributed by atoms with E-state index in [-0.39, 0.29) is 12.5 Å². The monoisotopic (exact) mass is 382 g/mol. The second-order valence-corrected chi connectivity index (χ2v) is 6.13. The smallest absolute Gasteiger partial charge is 0.321 e.